The molecule has 3 N–H and O–H groups in total. The molecule has 1 saturated heterocycles. The molecule has 98 valence electrons. The van der Waals surface area contributed by atoms with Gasteiger partial charge in [0.25, 0.3) is 0 Å². The maximum Gasteiger partial charge on any atom is 0.321 e. The Morgan fingerprint density at radius 3 is 2.78 bits per heavy atom. The lowest BCUT2D eigenvalue weighted by Gasteiger charge is -2.30. The van der Waals surface area contributed by atoms with E-state index in [0.29, 0.717) is 11.6 Å². The number of nitrogens with two attached hydrogens (primary N) is 1. The Labute approximate surface area is 106 Å². The lowest BCUT2D eigenvalue weighted by molar-refractivity contribution is 0.186. The molecule has 0 atom stereocenters. The van der Waals surface area contributed by atoms with Crippen molar-refractivity contribution in [1.29, 1.82) is 0 Å². The average Bonchev–Trinajstić information content (AvgIpc) is 2.34. The summed E-state index contributed by atoms with van der Waals surface area (Å²) in [5, 5.41) is 2.57. The Kier molecular flexibility index (Phi) is 3.69. The van der Waals surface area contributed by atoms with E-state index in [-0.39, 0.29) is 11.7 Å². The number of urea groups is 1. The van der Waals surface area contributed by atoms with Crippen molar-refractivity contribution in [2.45, 2.75) is 19.8 Å². The van der Waals surface area contributed by atoms with Gasteiger partial charge in [0, 0.05) is 18.8 Å². The van der Waals surface area contributed by atoms with Gasteiger partial charge in [-0.2, -0.15) is 0 Å². The molecule has 4 nitrogen and oxygen atoms in total. The zero-order valence-electron chi connectivity index (χ0n) is 10.4. The first kappa shape index (κ1) is 12.7. The monoisotopic (exact) mass is 251 g/mol. The maximum atomic E-state index is 13.5. The number of carbonyl (C=O) groups is 1. The van der Waals surface area contributed by atoms with Crippen LogP contribution in [-0.4, -0.2) is 24.0 Å². The highest BCUT2D eigenvalue weighted by atomic mass is 19.1. The van der Waals surface area contributed by atoms with E-state index in [1.807, 2.05) is 0 Å². The van der Waals surface area contributed by atoms with Crippen LogP contribution in [-0.2, 0) is 0 Å². The summed E-state index contributed by atoms with van der Waals surface area (Å²) in [7, 11) is 0. The van der Waals surface area contributed by atoms with E-state index in [1.165, 1.54) is 18.2 Å². The van der Waals surface area contributed by atoms with Crippen LogP contribution in [0.5, 0.6) is 0 Å². The summed E-state index contributed by atoms with van der Waals surface area (Å²) in [6.45, 7) is 3.61. The fraction of sp³-hybridized carbons (Fsp3) is 0.462. The number of nitrogens with zero attached hydrogens (tertiary/aromatic N) is 1. The molecule has 1 aliphatic heterocycles. The normalized spacial score (nSPS) is 16.7. The van der Waals surface area contributed by atoms with E-state index in [1.54, 1.807) is 4.90 Å². The van der Waals surface area contributed by atoms with E-state index >= 15 is 0 Å². The molecule has 0 spiro atoms. The van der Waals surface area contributed by atoms with Gasteiger partial charge >= 0.3 is 6.03 Å². The summed E-state index contributed by atoms with van der Waals surface area (Å²) in [5.74, 6) is 0.182. The van der Waals surface area contributed by atoms with Crippen molar-refractivity contribution >= 4 is 17.4 Å². The van der Waals surface area contributed by atoms with E-state index in [0.717, 1.165) is 25.9 Å². The molecular formula is C13H18FN3O. The summed E-state index contributed by atoms with van der Waals surface area (Å²) < 4.78 is 13.5. The standard InChI is InChI=1S/C13H18FN3O/c1-9-4-6-17(7-5-9)13(18)16-12-8-10(15)2-3-11(12)14/h2-3,8-9H,4-7,15H2,1H3,(H,16,18). The molecule has 0 aromatic heterocycles. The number of nitrogen functional groups attached to an aromatic ring is 1. The second-order valence-corrected chi connectivity index (χ2v) is 4.84. The van der Waals surface area contributed by atoms with Crippen molar-refractivity contribution < 1.29 is 9.18 Å². The van der Waals surface area contributed by atoms with E-state index in [2.05, 4.69) is 12.2 Å². The summed E-state index contributed by atoms with van der Waals surface area (Å²) in [5.41, 5.74) is 6.14. The van der Waals surface area contributed by atoms with Crippen LogP contribution in [0.2, 0.25) is 0 Å². The van der Waals surface area contributed by atoms with Gasteiger partial charge in [-0.05, 0) is 37.0 Å². The van der Waals surface area contributed by atoms with Crippen molar-refractivity contribution in [3.05, 3.63) is 24.0 Å². The number of hydrogen-bond acceptors (Lipinski definition) is 2. The first-order valence-electron chi connectivity index (χ1n) is 6.17. The van der Waals surface area contributed by atoms with Gasteiger partial charge in [0.2, 0.25) is 0 Å². The van der Waals surface area contributed by atoms with Gasteiger partial charge in [0.15, 0.2) is 0 Å². The Bertz CT molecular complexity index is 442. The summed E-state index contributed by atoms with van der Waals surface area (Å²) >= 11 is 0. The first-order valence-corrected chi connectivity index (χ1v) is 6.17. The molecule has 0 unspecified atom stereocenters. The van der Waals surface area contributed by atoms with Gasteiger partial charge in [-0.25, -0.2) is 9.18 Å². The van der Waals surface area contributed by atoms with Crippen LogP contribution in [0, 0.1) is 11.7 Å². The third-order valence-electron chi connectivity index (χ3n) is 3.30. The van der Waals surface area contributed by atoms with Crippen LogP contribution in [0.25, 0.3) is 0 Å². The van der Waals surface area contributed by atoms with E-state index < -0.39 is 5.82 Å². The van der Waals surface area contributed by atoms with Crippen LogP contribution in [0.1, 0.15) is 19.8 Å². The Balaban J connectivity index is 2.00. The summed E-state index contributed by atoms with van der Waals surface area (Å²) in [6, 6.07) is 3.89. The average molecular weight is 251 g/mol. The Morgan fingerprint density at radius 2 is 2.11 bits per heavy atom. The maximum absolute atomic E-state index is 13.5. The van der Waals surface area contributed by atoms with Crippen LogP contribution in [0.15, 0.2) is 18.2 Å². The minimum atomic E-state index is -0.470. The second-order valence-electron chi connectivity index (χ2n) is 4.84. The van der Waals surface area contributed by atoms with Crippen molar-refractivity contribution in [3.8, 4) is 0 Å². The highest BCUT2D eigenvalue weighted by molar-refractivity contribution is 5.90. The number of piperidine rings is 1. The summed E-state index contributed by atoms with van der Waals surface area (Å²) in [6.07, 6.45) is 1.99. The van der Waals surface area contributed by atoms with Crippen molar-refractivity contribution in [3.63, 3.8) is 0 Å². The van der Waals surface area contributed by atoms with Gasteiger partial charge in [-0.3, -0.25) is 0 Å². The quantitative estimate of drug-likeness (QED) is 0.754. The third kappa shape index (κ3) is 2.91. The molecule has 18 heavy (non-hydrogen) atoms. The van der Waals surface area contributed by atoms with Gasteiger partial charge in [-0.1, -0.05) is 6.92 Å². The molecule has 2 amide bonds. The Hall–Kier alpha value is -1.78. The number of anilines is 2. The highest BCUT2D eigenvalue weighted by Gasteiger charge is 2.20. The second kappa shape index (κ2) is 5.25. The number of hydrogen-bond donors (Lipinski definition) is 2. The van der Waals surface area contributed by atoms with Crippen LogP contribution < -0.4 is 11.1 Å². The number of amides is 2. The molecule has 2 rings (SSSR count). The zero-order chi connectivity index (χ0) is 13.1. The molecule has 0 aliphatic carbocycles. The molecule has 1 fully saturated rings. The van der Waals surface area contributed by atoms with Gasteiger partial charge in [0.1, 0.15) is 5.82 Å². The van der Waals surface area contributed by atoms with Crippen LogP contribution in [0.3, 0.4) is 0 Å². The molecule has 0 bridgehead atoms. The van der Waals surface area contributed by atoms with Gasteiger partial charge in [0.05, 0.1) is 5.69 Å². The van der Waals surface area contributed by atoms with Crippen LogP contribution >= 0.6 is 0 Å². The van der Waals surface area contributed by atoms with Crippen molar-refractivity contribution in [1.82, 2.24) is 4.90 Å². The minimum absolute atomic E-state index is 0.138. The lowest BCUT2D eigenvalue weighted by Crippen LogP contribution is -2.40. The van der Waals surface area contributed by atoms with E-state index in [4.69, 9.17) is 5.73 Å². The van der Waals surface area contributed by atoms with E-state index in [9.17, 15) is 9.18 Å². The summed E-state index contributed by atoms with van der Waals surface area (Å²) in [4.78, 5) is 13.7. The molecule has 1 heterocycles. The number of carbonyl (C=O) groups excluding carboxylic acids is 1. The van der Waals surface area contributed by atoms with Crippen LogP contribution in [0.4, 0.5) is 20.6 Å². The number of nitrogens with one attached hydrogen (secondary N) is 1. The zero-order valence-corrected chi connectivity index (χ0v) is 10.4. The topological polar surface area (TPSA) is 58.4 Å². The fourth-order valence-electron chi connectivity index (χ4n) is 2.04. The molecule has 5 heteroatoms. The largest absolute Gasteiger partial charge is 0.399 e. The fourth-order valence-corrected chi connectivity index (χ4v) is 2.04. The minimum Gasteiger partial charge on any atom is -0.399 e. The van der Waals surface area contributed by atoms with Gasteiger partial charge < -0.3 is 16.0 Å². The molecule has 1 aliphatic rings. The predicted octanol–water partition coefficient (Wildman–Crippen LogP) is 2.67. The molecule has 0 saturated carbocycles. The smallest absolute Gasteiger partial charge is 0.321 e. The predicted molar refractivity (Wildman–Crippen MR) is 69.8 cm³/mol. The molecular weight excluding hydrogens is 233 g/mol. The number of rotatable bonds is 1. The van der Waals surface area contributed by atoms with Gasteiger partial charge in [-0.15, -0.1) is 0 Å². The molecule has 1 aromatic carbocycles. The number of likely N-dealkylation sites (tertiary alicyclic amines) is 1. The first-order chi connectivity index (χ1) is 8.56. The third-order valence-corrected chi connectivity index (χ3v) is 3.30. The molecule has 1 aromatic rings. The lowest BCUT2D eigenvalue weighted by atomic mass is 10.00. The Morgan fingerprint density at radius 1 is 1.44 bits per heavy atom. The number of halogens is 1. The van der Waals surface area contributed by atoms with Crippen molar-refractivity contribution in [2.24, 2.45) is 5.92 Å². The number of benzene rings is 1. The van der Waals surface area contributed by atoms with Crippen molar-refractivity contribution in [2.75, 3.05) is 24.1 Å². The highest BCUT2D eigenvalue weighted by Crippen LogP contribution is 2.20. The SMILES string of the molecule is CC1CCN(C(=O)Nc2cc(N)ccc2F)CC1. The molecule has 0 radical (unpaired) electrons.